The highest BCUT2D eigenvalue weighted by Gasteiger charge is 2.27. The van der Waals surface area contributed by atoms with Crippen LogP contribution in [0.4, 0.5) is 0 Å². The summed E-state index contributed by atoms with van der Waals surface area (Å²) in [4.78, 5) is 11.4. The van der Waals surface area contributed by atoms with Crippen LogP contribution in [0.2, 0.25) is 0 Å². The van der Waals surface area contributed by atoms with Crippen molar-refractivity contribution in [3.63, 3.8) is 0 Å². The second-order valence-electron chi connectivity index (χ2n) is 5.35. The average molecular weight is 279 g/mol. The minimum atomic E-state index is -0.946. The van der Waals surface area contributed by atoms with E-state index in [-0.39, 0.29) is 5.56 Å². The Hall–Kier alpha value is -2.69. The highest BCUT2D eigenvalue weighted by Crippen LogP contribution is 2.36. The maximum Gasteiger partial charge on any atom is 0.337 e. The summed E-state index contributed by atoms with van der Waals surface area (Å²) in [6.07, 6.45) is 1.01. The van der Waals surface area contributed by atoms with Crippen LogP contribution >= 0.6 is 0 Å². The number of aromatic nitrogens is 3. The molecule has 0 fully saturated rings. The molecule has 1 aliphatic carbocycles. The van der Waals surface area contributed by atoms with E-state index in [1.165, 1.54) is 11.1 Å². The number of hydrogen-bond acceptors (Lipinski definition) is 3. The first-order chi connectivity index (χ1) is 10.2. The molecule has 1 N–H and O–H groups in total. The number of carbonyl (C=O) groups is 1. The van der Waals surface area contributed by atoms with Gasteiger partial charge in [-0.05, 0) is 29.7 Å². The van der Waals surface area contributed by atoms with Crippen molar-refractivity contribution < 1.29 is 9.90 Å². The SMILES string of the molecule is O=C(O)c1cccc2nnn(CC3Cc4ccccc43)c12. The van der Waals surface area contributed by atoms with Crippen molar-refractivity contribution in [3.8, 4) is 0 Å². The van der Waals surface area contributed by atoms with Crippen LogP contribution < -0.4 is 0 Å². The van der Waals surface area contributed by atoms with Crippen molar-refractivity contribution >= 4 is 17.0 Å². The maximum absolute atomic E-state index is 11.4. The van der Waals surface area contributed by atoms with Crippen LogP contribution in [0.3, 0.4) is 0 Å². The van der Waals surface area contributed by atoms with Crippen LogP contribution in [-0.2, 0) is 13.0 Å². The fourth-order valence-corrected chi connectivity index (χ4v) is 3.06. The Morgan fingerprint density at radius 2 is 2.10 bits per heavy atom. The van der Waals surface area contributed by atoms with Gasteiger partial charge >= 0.3 is 5.97 Å². The Balaban J connectivity index is 1.74. The number of nitrogens with zero attached hydrogens (tertiary/aromatic N) is 3. The number of carboxylic acid groups (broad SMARTS) is 1. The van der Waals surface area contributed by atoms with Crippen LogP contribution in [0.25, 0.3) is 11.0 Å². The topological polar surface area (TPSA) is 68.0 Å². The van der Waals surface area contributed by atoms with Gasteiger partial charge in [0.25, 0.3) is 0 Å². The van der Waals surface area contributed by atoms with E-state index < -0.39 is 5.97 Å². The molecule has 0 amide bonds. The minimum Gasteiger partial charge on any atom is -0.478 e. The van der Waals surface area contributed by atoms with Gasteiger partial charge in [-0.2, -0.15) is 0 Å². The van der Waals surface area contributed by atoms with Crippen LogP contribution in [0.15, 0.2) is 42.5 Å². The summed E-state index contributed by atoms with van der Waals surface area (Å²) in [6, 6.07) is 13.4. The third-order valence-electron chi connectivity index (χ3n) is 4.12. The largest absolute Gasteiger partial charge is 0.478 e. The number of carboxylic acids is 1. The van der Waals surface area contributed by atoms with Crippen LogP contribution in [0.5, 0.6) is 0 Å². The van der Waals surface area contributed by atoms with E-state index in [0.29, 0.717) is 23.5 Å². The van der Waals surface area contributed by atoms with Gasteiger partial charge < -0.3 is 5.11 Å². The molecule has 0 saturated carbocycles. The van der Waals surface area contributed by atoms with Gasteiger partial charge in [-0.15, -0.1) is 5.10 Å². The van der Waals surface area contributed by atoms with Gasteiger partial charge in [0.05, 0.1) is 12.1 Å². The fourth-order valence-electron chi connectivity index (χ4n) is 3.06. The average Bonchev–Trinajstić information content (AvgIpc) is 2.88. The lowest BCUT2D eigenvalue weighted by Gasteiger charge is -2.29. The van der Waals surface area contributed by atoms with Crippen LogP contribution in [0.1, 0.15) is 27.4 Å². The first kappa shape index (κ1) is 12.1. The number of rotatable bonds is 3. The normalized spacial score (nSPS) is 16.5. The molecule has 5 heteroatoms. The summed E-state index contributed by atoms with van der Waals surface area (Å²) in [5, 5.41) is 17.5. The van der Waals surface area contributed by atoms with E-state index >= 15 is 0 Å². The van der Waals surface area contributed by atoms with E-state index in [2.05, 4.69) is 22.4 Å². The van der Waals surface area contributed by atoms with Gasteiger partial charge in [0.15, 0.2) is 0 Å². The second kappa shape index (κ2) is 4.41. The Kier molecular flexibility index (Phi) is 2.54. The third-order valence-corrected chi connectivity index (χ3v) is 4.12. The molecule has 0 radical (unpaired) electrons. The molecule has 0 bridgehead atoms. The summed E-state index contributed by atoms with van der Waals surface area (Å²) in [5.74, 6) is -0.564. The molecule has 1 unspecified atom stereocenters. The van der Waals surface area contributed by atoms with Crippen molar-refractivity contribution in [1.29, 1.82) is 0 Å². The van der Waals surface area contributed by atoms with E-state index in [4.69, 9.17) is 0 Å². The molecule has 1 atom stereocenters. The van der Waals surface area contributed by atoms with Crippen molar-refractivity contribution in [2.24, 2.45) is 0 Å². The molecule has 0 aliphatic heterocycles. The van der Waals surface area contributed by atoms with Crippen molar-refractivity contribution in [3.05, 3.63) is 59.2 Å². The first-order valence-electron chi connectivity index (χ1n) is 6.87. The summed E-state index contributed by atoms with van der Waals surface area (Å²) in [6.45, 7) is 0.664. The van der Waals surface area contributed by atoms with E-state index in [0.717, 1.165) is 6.42 Å². The van der Waals surface area contributed by atoms with Crippen molar-refractivity contribution in [1.82, 2.24) is 15.0 Å². The zero-order valence-electron chi connectivity index (χ0n) is 11.2. The standard InChI is InChI=1S/C16H13N3O2/c20-16(21)13-6-3-7-14-15(13)19(18-17-14)9-11-8-10-4-1-2-5-12(10)11/h1-7,11H,8-9H2,(H,20,21). The van der Waals surface area contributed by atoms with E-state index in [1.54, 1.807) is 22.9 Å². The monoisotopic (exact) mass is 279 g/mol. The highest BCUT2D eigenvalue weighted by atomic mass is 16.4. The Morgan fingerprint density at radius 3 is 2.90 bits per heavy atom. The number of para-hydroxylation sites is 1. The number of benzene rings is 2. The van der Waals surface area contributed by atoms with Gasteiger partial charge in [0, 0.05) is 5.92 Å². The molecule has 21 heavy (non-hydrogen) atoms. The van der Waals surface area contributed by atoms with Gasteiger partial charge in [-0.3, -0.25) is 0 Å². The molecule has 104 valence electrons. The van der Waals surface area contributed by atoms with Gasteiger partial charge in [-0.1, -0.05) is 35.5 Å². The summed E-state index contributed by atoms with van der Waals surface area (Å²) in [5.41, 5.74) is 4.18. The van der Waals surface area contributed by atoms with E-state index in [1.807, 2.05) is 12.1 Å². The summed E-state index contributed by atoms with van der Waals surface area (Å²) < 4.78 is 1.72. The number of fused-ring (bicyclic) bond motifs is 2. The third kappa shape index (κ3) is 1.81. The Labute approximate surface area is 120 Å². The minimum absolute atomic E-state index is 0.255. The quantitative estimate of drug-likeness (QED) is 0.799. The second-order valence-corrected chi connectivity index (χ2v) is 5.35. The van der Waals surface area contributed by atoms with E-state index in [9.17, 15) is 9.90 Å². The molecule has 2 aromatic carbocycles. The lowest BCUT2D eigenvalue weighted by atomic mass is 9.77. The number of aromatic carboxylic acids is 1. The van der Waals surface area contributed by atoms with Crippen molar-refractivity contribution in [2.45, 2.75) is 18.9 Å². The summed E-state index contributed by atoms with van der Waals surface area (Å²) in [7, 11) is 0. The fraction of sp³-hybridized carbons (Fsp3) is 0.188. The van der Waals surface area contributed by atoms with Crippen LogP contribution in [-0.4, -0.2) is 26.1 Å². The predicted molar refractivity (Wildman–Crippen MR) is 77.4 cm³/mol. The lowest BCUT2D eigenvalue weighted by molar-refractivity contribution is 0.0698. The number of hydrogen-bond donors (Lipinski definition) is 1. The zero-order chi connectivity index (χ0) is 14.4. The molecule has 5 nitrogen and oxygen atoms in total. The zero-order valence-corrected chi connectivity index (χ0v) is 11.2. The molecule has 1 heterocycles. The van der Waals surface area contributed by atoms with Crippen LogP contribution in [0, 0.1) is 0 Å². The predicted octanol–water partition coefficient (Wildman–Crippen LogP) is 2.47. The molecule has 0 saturated heterocycles. The molecular weight excluding hydrogens is 266 g/mol. The highest BCUT2D eigenvalue weighted by molar-refractivity contribution is 6.00. The lowest BCUT2D eigenvalue weighted by Crippen LogP contribution is -2.22. The Morgan fingerprint density at radius 1 is 1.24 bits per heavy atom. The molecular formula is C16H13N3O2. The molecule has 1 aromatic heterocycles. The van der Waals surface area contributed by atoms with Gasteiger partial charge in [0.1, 0.15) is 11.0 Å². The first-order valence-corrected chi connectivity index (χ1v) is 6.87. The molecule has 1 aliphatic rings. The molecule has 3 aromatic rings. The summed E-state index contributed by atoms with van der Waals surface area (Å²) >= 11 is 0. The van der Waals surface area contributed by atoms with Gasteiger partial charge in [0.2, 0.25) is 0 Å². The smallest absolute Gasteiger partial charge is 0.337 e. The van der Waals surface area contributed by atoms with Gasteiger partial charge in [-0.25, -0.2) is 9.48 Å². The molecule has 4 rings (SSSR count). The Bertz CT molecular complexity index is 854. The van der Waals surface area contributed by atoms with Crippen molar-refractivity contribution in [2.75, 3.05) is 0 Å². The molecule has 0 spiro atoms. The maximum atomic E-state index is 11.4.